The number of benzene rings is 1. The molecule has 1 aromatic carbocycles. The lowest BCUT2D eigenvalue weighted by atomic mass is 10.2. The number of ether oxygens (including phenoxy) is 1. The molecule has 2 heterocycles. The van der Waals surface area contributed by atoms with E-state index in [2.05, 4.69) is 15.3 Å². The van der Waals surface area contributed by atoms with E-state index in [1.54, 1.807) is 13.0 Å². The summed E-state index contributed by atoms with van der Waals surface area (Å²) >= 11 is 1.45. The number of thiophene rings is 1. The standard InChI is InChI=1S/C21H26N4O5S2/c1-6-30-15-8-7-14(11-16(15)32(28,29)25(4)5)22-18(26)10-9-17-23-20(27)19-12(2)13(3)31-21(19)24-17/h7-8,11H,6,9-10H2,1-5H3,(H,22,26)(H,23,24,27). The molecule has 0 saturated heterocycles. The largest absolute Gasteiger partial charge is 0.492 e. The molecule has 3 rings (SSSR count). The van der Waals surface area contributed by atoms with Gasteiger partial charge in [0.1, 0.15) is 21.3 Å². The van der Waals surface area contributed by atoms with Gasteiger partial charge in [-0.25, -0.2) is 17.7 Å². The maximum atomic E-state index is 12.6. The molecule has 0 bridgehead atoms. The van der Waals surface area contributed by atoms with Crippen LogP contribution in [0, 0.1) is 13.8 Å². The van der Waals surface area contributed by atoms with Crippen molar-refractivity contribution in [3.63, 3.8) is 0 Å². The van der Waals surface area contributed by atoms with Crippen molar-refractivity contribution >= 4 is 43.2 Å². The minimum absolute atomic E-state index is 0.0259. The van der Waals surface area contributed by atoms with Gasteiger partial charge in [-0.05, 0) is 44.5 Å². The summed E-state index contributed by atoms with van der Waals surface area (Å²) in [6.45, 7) is 5.90. The second kappa shape index (κ2) is 9.39. The van der Waals surface area contributed by atoms with Crippen LogP contribution in [0.1, 0.15) is 29.6 Å². The number of nitrogens with one attached hydrogen (secondary N) is 2. The van der Waals surface area contributed by atoms with Crippen LogP contribution in [0.2, 0.25) is 0 Å². The number of nitrogens with zero attached hydrogens (tertiary/aromatic N) is 2. The monoisotopic (exact) mass is 478 g/mol. The van der Waals surface area contributed by atoms with Crippen molar-refractivity contribution in [2.24, 2.45) is 0 Å². The number of anilines is 1. The van der Waals surface area contributed by atoms with E-state index in [9.17, 15) is 18.0 Å². The first-order valence-electron chi connectivity index (χ1n) is 10.0. The van der Waals surface area contributed by atoms with Crippen LogP contribution in [-0.4, -0.2) is 49.3 Å². The molecule has 0 aliphatic rings. The van der Waals surface area contributed by atoms with E-state index in [1.165, 1.54) is 37.6 Å². The van der Waals surface area contributed by atoms with Crippen LogP contribution in [0.5, 0.6) is 5.75 Å². The molecule has 9 nitrogen and oxygen atoms in total. The number of aryl methyl sites for hydroxylation is 3. The van der Waals surface area contributed by atoms with E-state index in [-0.39, 0.29) is 35.0 Å². The number of H-pyrrole nitrogens is 1. The number of carbonyl (C=O) groups excluding carboxylic acids is 1. The molecule has 32 heavy (non-hydrogen) atoms. The first-order chi connectivity index (χ1) is 15.0. The minimum atomic E-state index is -3.76. The fourth-order valence-electron chi connectivity index (χ4n) is 3.13. The average Bonchev–Trinajstić information content (AvgIpc) is 3.01. The Balaban J connectivity index is 1.76. The highest BCUT2D eigenvalue weighted by Crippen LogP contribution is 2.29. The van der Waals surface area contributed by atoms with E-state index in [1.807, 2.05) is 13.8 Å². The second-order valence-electron chi connectivity index (χ2n) is 7.41. The summed E-state index contributed by atoms with van der Waals surface area (Å²) in [5, 5.41) is 3.29. The van der Waals surface area contributed by atoms with Gasteiger partial charge in [-0.15, -0.1) is 11.3 Å². The Hall–Kier alpha value is -2.76. The van der Waals surface area contributed by atoms with Gasteiger partial charge in [0, 0.05) is 37.5 Å². The van der Waals surface area contributed by atoms with E-state index in [4.69, 9.17) is 4.74 Å². The summed E-state index contributed by atoms with van der Waals surface area (Å²) in [6, 6.07) is 4.48. The Morgan fingerprint density at radius 2 is 2.00 bits per heavy atom. The molecule has 3 aromatic rings. The number of aromatic nitrogens is 2. The molecule has 1 amide bonds. The van der Waals surface area contributed by atoms with Crippen molar-refractivity contribution in [2.45, 2.75) is 38.5 Å². The summed E-state index contributed by atoms with van der Waals surface area (Å²) in [7, 11) is -0.906. The molecule has 0 atom stereocenters. The van der Waals surface area contributed by atoms with Crippen molar-refractivity contribution < 1.29 is 17.9 Å². The van der Waals surface area contributed by atoms with E-state index in [0.717, 1.165) is 14.7 Å². The molecule has 172 valence electrons. The summed E-state index contributed by atoms with van der Waals surface area (Å²) < 4.78 is 31.8. The lowest BCUT2D eigenvalue weighted by Crippen LogP contribution is -2.23. The van der Waals surface area contributed by atoms with Gasteiger partial charge < -0.3 is 15.0 Å². The van der Waals surface area contributed by atoms with Gasteiger partial charge in [0.15, 0.2) is 0 Å². The van der Waals surface area contributed by atoms with Crippen LogP contribution in [0.3, 0.4) is 0 Å². The van der Waals surface area contributed by atoms with Crippen molar-refractivity contribution in [1.29, 1.82) is 0 Å². The van der Waals surface area contributed by atoms with Gasteiger partial charge in [-0.3, -0.25) is 9.59 Å². The first kappa shape index (κ1) is 23.9. The Morgan fingerprint density at radius 3 is 2.66 bits per heavy atom. The molecule has 0 fully saturated rings. The van der Waals surface area contributed by atoms with Crippen LogP contribution in [0.15, 0.2) is 27.9 Å². The van der Waals surface area contributed by atoms with Gasteiger partial charge >= 0.3 is 0 Å². The van der Waals surface area contributed by atoms with Crippen LogP contribution < -0.4 is 15.6 Å². The lowest BCUT2D eigenvalue weighted by molar-refractivity contribution is -0.116. The number of amides is 1. The third-order valence-corrected chi connectivity index (χ3v) is 7.90. The molecule has 0 saturated carbocycles. The van der Waals surface area contributed by atoms with Gasteiger partial charge in [0.25, 0.3) is 5.56 Å². The topological polar surface area (TPSA) is 121 Å². The van der Waals surface area contributed by atoms with Gasteiger partial charge in [-0.2, -0.15) is 0 Å². The van der Waals surface area contributed by atoms with Crippen molar-refractivity contribution in [3.05, 3.63) is 44.8 Å². The molecule has 0 radical (unpaired) electrons. The normalized spacial score (nSPS) is 11.8. The molecule has 11 heteroatoms. The highest BCUT2D eigenvalue weighted by Gasteiger charge is 2.23. The highest BCUT2D eigenvalue weighted by molar-refractivity contribution is 7.89. The summed E-state index contributed by atoms with van der Waals surface area (Å²) in [5.41, 5.74) is 1.04. The van der Waals surface area contributed by atoms with Crippen molar-refractivity contribution in [2.75, 3.05) is 26.0 Å². The smallest absolute Gasteiger partial charge is 0.259 e. The van der Waals surface area contributed by atoms with Crippen molar-refractivity contribution in [3.8, 4) is 5.75 Å². The number of carbonyl (C=O) groups is 1. The fourth-order valence-corrected chi connectivity index (χ4v) is 5.23. The number of hydrogen-bond acceptors (Lipinski definition) is 7. The summed E-state index contributed by atoms with van der Waals surface area (Å²) in [5.74, 6) is 0.320. The molecule has 0 aliphatic carbocycles. The Bertz CT molecular complexity index is 1330. The average molecular weight is 479 g/mol. The third-order valence-electron chi connectivity index (χ3n) is 4.96. The molecular weight excluding hydrogens is 452 g/mol. The predicted octanol–water partition coefficient (Wildman–Crippen LogP) is 2.82. The SMILES string of the molecule is CCOc1ccc(NC(=O)CCc2nc3sc(C)c(C)c3c(=O)[nH]2)cc1S(=O)(=O)N(C)C. The van der Waals surface area contributed by atoms with E-state index >= 15 is 0 Å². The van der Waals surface area contributed by atoms with Crippen LogP contribution in [-0.2, 0) is 21.2 Å². The van der Waals surface area contributed by atoms with E-state index < -0.39 is 10.0 Å². The zero-order valence-electron chi connectivity index (χ0n) is 18.6. The predicted molar refractivity (Wildman–Crippen MR) is 125 cm³/mol. The third kappa shape index (κ3) is 4.84. The lowest BCUT2D eigenvalue weighted by Gasteiger charge is -2.16. The van der Waals surface area contributed by atoms with Crippen LogP contribution in [0.4, 0.5) is 5.69 Å². The number of sulfonamides is 1. The maximum absolute atomic E-state index is 12.6. The molecular formula is C21H26N4O5S2. The quantitative estimate of drug-likeness (QED) is 0.513. The van der Waals surface area contributed by atoms with Gasteiger partial charge in [0.05, 0.1) is 12.0 Å². The molecule has 0 spiro atoms. The van der Waals surface area contributed by atoms with E-state index in [0.29, 0.717) is 28.3 Å². The molecule has 0 unspecified atom stereocenters. The van der Waals surface area contributed by atoms with Gasteiger partial charge in [-0.1, -0.05) is 0 Å². The molecule has 0 aliphatic heterocycles. The highest BCUT2D eigenvalue weighted by atomic mass is 32.2. The Labute approximate surface area is 190 Å². The summed E-state index contributed by atoms with van der Waals surface area (Å²) in [6.07, 6.45) is 0.313. The van der Waals surface area contributed by atoms with Crippen LogP contribution in [0.25, 0.3) is 10.2 Å². The zero-order valence-corrected chi connectivity index (χ0v) is 20.2. The zero-order chi connectivity index (χ0) is 23.6. The molecule has 2 N–H and O–H groups in total. The number of hydrogen-bond donors (Lipinski definition) is 2. The fraction of sp³-hybridized carbons (Fsp3) is 0.381. The van der Waals surface area contributed by atoms with Crippen molar-refractivity contribution in [1.82, 2.24) is 14.3 Å². The summed E-state index contributed by atoms with van der Waals surface area (Å²) in [4.78, 5) is 33.7. The number of aromatic amines is 1. The second-order valence-corrected chi connectivity index (χ2v) is 10.7. The first-order valence-corrected chi connectivity index (χ1v) is 12.3. The number of rotatable bonds is 8. The van der Waals surface area contributed by atoms with Gasteiger partial charge in [0.2, 0.25) is 15.9 Å². The number of fused-ring (bicyclic) bond motifs is 1. The Kier molecular flexibility index (Phi) is 7.01. The maximum Gasteiger partial charge on any atom is 0.259 e. The molecule has 2 aromatic heterocycles. The minimum Gasteiger partial charge on any atom is -0.492 e. The van der Waals surface area contributed by atoms with Crippen LogP contribution >= 0.6 is 11.3 Å². The Morgan fingerprint density at radius 1 is 1.28 bits per heavy atom.